The SMILES string of the molecule is CC(Sc1ccc(Cl)cc1)C(=O)Nc1ccc(F)c(F)c1F. The lowest BCUT2D eigenvalue weighted by Crippen LogP contribution is -2.23. The van der Waals surface area contributed by atoms with Crippen LogP contribution < -0.4 is 5.32 Å². The zero-order chi connectivity index (χ0) is 16.3. The van der Waals surface area contributed by atoms with E-state index in [9.17, 15) is 18.0 Å². The number of nitrogens with one attached hydrogen (secondary N) is 1. The van der Waals surface area contributed by atoms with E-state index in [1.165, 1.54) is 11.8 Å². The van der Waals surface area contributed by atoms with Crippen molar-refractivity contribution in [2.75, 3.05) is 5.32 Å². The molecule has 7 heteroatoms. The highest BCUT2D eigenvalue weighted by Crippen LogP contribution is 2.26. The first-order valence-corrected chi connectivity index (χ1v) is 7.51. The number of hydrogen-bond acceptors (Lipinski definition) is 2. The van der Waals surface area contributed by atoms with Crippen LogP contribution in [0.25, 0.3) is 0 Å². The summed E-state index contributed by atoms with van der Waals surface area (Å²) in [6.07, 6.45) is 0. The Balaban J connectivity index is 2.05. The van der Waals surface area contributed by atoms with Crippen LogP contribution in [0.1, 0.15) is 6.92 Å². The van der Waals surface area contributed by atoms with Gasteiger partial charge in [0.2, 0.25) is 5.91 Å². The molecule has 1 atom stereocenters. The van der Waals surface area contributed by atoms with Crippen LogP contribution in [0.3, 0.4) is 0 Å². The summed E-state index contributed by atoms with van der Waals surface area (Å²) in [5.41, 5.74) is -0.396. The molecule has 0 saturated heterocycles. The maximum absolute atomic E-state index is 13.5. The Morgan fingerprint density at radius 1 is 1.09 bits per heavy atom. The van der Waals surface area contributed by atoms with E-state index in [0.717, 1.165) is 17.0 Å². The Morgan fingerprint density at radius 2 is 1.73 bits per heavy atom. The molecule has 0 radical (unpaired) electrons. The van der Waals surface area contributed by atoms with Gasteiger partial charge in [-0.05, 0) is 43.3 Å². The van der Waals surface area contributed by atoms with Gasteiger partial charge in [0.05, 0.1) is 10.9 Å². The highest BCUT2D eigenvalue weighted by Gasteiger charge is 2.19. The molecule has 1 amide bonds. The number of halogens is 4. The summed E-state index contributed by atoms with van der Waals surface area (Å²) in [5, 5.41) is 2.26. The first-order chi connectivity index (χ1) is 10.4. The first kappa shape index (κ1) is 16.7. The summed E-state index contributed by atoms with van der Waals surface area (Å²) in [7, 11) is 0. The number of benzene rings is 2. The van der Waals surface area contributed by atoms with Crippen LogP contribution in [0.15, 0.2) is 41.3 Å². The molecule has 0 fully saturated rings. The van der Waals surface area contributed by atoms with Gasteiger partial charge in [-0.25, -0.2) is 13.2 Å². The molecule has 2 nitrogen and oxygen atoms in total. The average Bonchev–Trinajstić information content (AvgIpc) is 2.50. The second-order valence-electron chi connectivity index (χ2n) is 4.43. The minimum atomic E-state index is -1.61. The summed E-state index contributed by atoms with van der Waals surface area (Å²) in [4.78, 5) is 12.8. The number of rotatable bonds is 4. The van der Waals surface area contributed by atoms with Gasteiger partial charge in [0.1, 0.15) is 0 Å². The second-order valence-corrected chi connectivity index (χ2v) is 6.28. The van der Waals surface area contributed by atoms with Crippen molar-refractivity contribution >= 4 is 35.0 Å². The molecule has 1 N–H and O–H groups in total. The van der Waals surface area contributed by atoms with Gasteiger partial charge in [0.15, 0.2) is 17.5 Å². The quantitative estimate of drug-likeness (QED) is 0.632. The molecule has 0 heterocycles. The summed E-state index contributed by atoms with van der Waals surface area (Å²) in [6, 6.07) is 8.59. The molecular formula is C15H11ClF3NOS. The molecule has 22 heavy (non-hydrogen) atoms. The molecule has 0 aromatic heterocycles. The number of carbonyl (C=O) groups is 1. The minimum absolute atomic E-state index is 0.396. The minimum Gasteiger partial charge on any atom is -0.323 e. The molecule has 0 aliphatic heterocycles. The van der Waals surface area contributed by atoms with Crippen LogP contribution in [0.4, 0.5) is 18.9 Å². The molecule has 0 aliphatic rings. The molecule has 116 valence electrons. The largest absolute Gasteiger partial charge is 0.323 e. The number of amides is 1. The van der Waals surface area contributed by atoms with Crippen LogP contribution in [0, 0.1) is 17.5 Å². The zero-order valence-electron chi connectivity index (χ0n) is 11.4. The highest BCUT2D eigenvalue weighted by molar-refractivity contribution is 8.00. The third-order valence-electron chi connectivity index (χ3n) is 2.79. The lowest BCUT2D eigenvalue weighted by Gasteiger charge is -2.13. The van der Waals surface area contributed by atoms with Crippen molar-refractivity contribution in [1.29, 1.82) is 0 Å². The highest BCUT2D eigenvalue weighted by atomic mass is 35.5. The Morgan fingerprint density at radius 3 is 2.36 bits per heavy atom. The van der Waals surface area contributed by atoms with Crippen LogP contribution >= 0.6 is 23.4 Å². The lowest BCUT2D eigenvalue weighted by atomic mass is 10.2. The van der Waals surface area contributed by atoms with E-state index >= 15 is 0 Å². The fourth-order valence-electron chi connectivity index (χ4n) is 1.63. The molecule has 0 aliphatic carbocycles. The van der Waals surface area contributed by atoms with E-state index in [-0.39, 0.29) is 0 Å². The van der Waals surface area contributed by atoms with Crippen molar-refractivity contribution < 1.29 is 18.0 Å². The Labute approximate surface area is 134 Å². The molecule has 0 bridgehead atoms. The van der Waals surface area contributed by atoms with Gasteiger partial charge >= 0.3 is 0 Å². The average molecular weight is 346 g/mol. The van der Waals surface area contributed by atoms with Crippen molar-refractivity contribution in [2.24, 2.45) is 0 Å². The number of anilines is 1. The molecule has 1 unspecified atom stereocenters. The van der Waals surface area contributed by atoms with Gasteiger partial charge in [-0.3, -0.25) is 4.79 Å². The Hall–Kier alpha value is -1.66. The van der Waals surface area contributed by atoms with Crippen molar-refractivity contribution in [3.05, 3.63) is 58.9 Å². The third kappa shape index (κ3) is 3.96. The predicted molar refractivity (Wildman–Crippen MR) is 81.7 cm³/mol. The first-order valence-electron chi connectivity index (χ1n) is 6.25. The van der Waals surface area contributed by atoms with Gasteiger partial charge in [-0.2, -0.15) is 0 Å². The molecular weight excluding hydrogens is 335 g/mol. The molecule has 2 aromatic carbocycles. The molecule has 0 saturated carbocycles. The molecule has 0 spiro atoms. The smallest absolute Gasteiger partial charge is 0.237 e. The van der Waals surface area contributed by atoms with E-state index < -0.39 is 34.3 Å². The lowest BCUT2D eigenvalue weighted by molar-refractivity contribution is -0.115. The van der Waals surface area contributed by atoms with Crippen LogP contribution in [-0.2, 0) is 4.79 Å². The van der Waals surface area contributed by atoms with Gasteiger partial charge in [0.25, 0.3) is 0 Å². The Kier molecular flexibility index (Phi) is 5.37. The van der Waals surface area contributed by atoms with E-state index in [2.05, 4.69) is 5.32 Å². The number of hydrogen-bond donors (Lipinski definition) is 1. The molecule has 2 aromatic rings. The van der Waals surface area contributed by atoms with Crippen molar-refractivity contribution in [1.82, 2.24) is 0 Å². The predicted octanol–water partition coefficient (Wildman–Crippen LogP) is 4.88. The number of thioether (sulfide) groups is 1. The maximum Gasteiger partial charge on any atom is 0.237 e. The summed E-state index contributed by atoms with van der Waals surface area (Å²) in [6.45, 7) is 1.62. The monoisotopic (exact) mass is 345 g/mol. The fourth-order valence-corrected chi connectivity index (χ4v) is 2.62. The van der Waals surface area contributed by atoms with Gasteiger partial charge in [0, 0.05) is 9.92 Å². The van der Waals surface area contributed by atoms with Crippen LogP contribution in [0.5, 0.6) is 0 Å². The van der Waals surface area contributed by atoms with Crippen molar-refractivity contribution in [3.63, 3.8) is 0 Å². The topological polar surface area (TPSA) is 29.1 Å². The normalized spacial score (nSPS) is 12.0. The number of carbonyl (C=O) groups excluding carboxylic acids is 1. The summed E-state index contributed by atoms with van der Waals surface area (Å²) >= 11 is 7.00. The van der Waals surface area contributed by atoms with Crippen LogP contribution in [-0.4, -0.2) is 11.2 Å². The van der Waals surface area contributed by atoms with Gasteiger partial charge in [-0.1, -0.05) is 11.6 Å². The molecule has 2 rings (SSSR count). The fraction of sp³-hybridized carbons (Fsp3) is 0.133. The van der Waals surface area contributed by atoms with Gasteiger partial charge < -0.3 is 5.32 Å². The van der Waals surface area contributed by atoms with E-state index in [4.69, 9.17) is 11.6 Å². The maximum atomic E-state index is 13.5. The summed E-state index contributed by atoms with van der Waals surface area (Å²) in [5.74, 6) is -4.86. The van der Waals surface area contributed by atoms with Crippen LogP contribution in [0.2, 0.25) is 5.02 Å². The van der Waals surface area contributed by atoms with Crippen molar-refractivity contribution in [3.8, 4) is 0 Å². The standard InChI is InChI=1S/C15H11ClF3NOS/c1-8(22-10-4-2-9(16)3-5-10)15(21)20-12-7-6-11(17)13(18)14(12)19/h2-8H,1H3,(H,20,21). The summed E-state index contributed by atoms with van der Waals surface area (Å²) < 4.78 is 39.4. The Bertz CT molecular complexity index is 694. The van der Waals surface area contributed by atoms with E-state index in [1.807, 2.05) is 0 Å². The second kappa shape index (κ2) is 7.07. The van der Waals surface area contributed by atoms with Gasteiger partial charge in [-0.15, -0.1) is 11.8 Å². The third-order valence-corrected chi connectivity index (χ3v) is 4.15. The van der Waals surface area contributed by atoms with E-state index in [1.54, 1.807) is 31.2 Å². The van der Waals surface area contributed by atoms with E-state index in [0.29, 0.717) is 5.02 Å². The van der Waals surface area contributed by atoms with Crippen molar-refractivity contribution in [2.45, 2.75) is 17.1 Å². The zero-order valence-corrected chi connectivity index (χ0v) is 12.9.